The number of carbonyl (C=O) groups excluding carboxylic acids is 4. The number of ether oxygens (including phenoxy) is 3. The highest BCUT2D eigenvalue weighted by Gasteiger charge is 2.58. The molecule has 3 fully saturated rings. The van der Waals surface area contributed by atoms with Gasteiger partial charge in [0, 0.05) is 6.54 Å². The van der Waals surface area contributed by atoms with Gasteiger partial charge in [-0.1, -0.05) is 0 Å². The van der Waals surface area contributed by atoms with Gasteiger partial charge in [0.25, 0.3) is 0 Å². The topological polar surface area (TPSA) is 106 Å². The Bertz CT molecular complexity index is 838. The Morgan fingerprint density at radius 3 is 2.09 bits per heavy atom. The Morgan fingerprint density at radius 1 is 1.00 bits per heavy atom. The van der Waals surface area contributed by atoms with Crippen LogP contribution in [0.25, 0.3) is 0 Å². The molecule has 2 aliphatic heterocycles. The monoisotopic (exact) mass is 481 g/mol. The van der Waals surface area contributed by atoms with E-state index in [4.69, 9.17) is 14.2 Å². The lowest BCUT2D eigenvalue weighted by Crippen LogP contribution is -2.54. The van der Waals surface area contributed by atoms with Crippen molar-refractivity contribution in [3.05, 3.63) is 0 Å². The van der Waals surface area contributed by atoms with Crippen LogP contribution >= 0.6 is 0 Å². The van der Waals surface area contributed by atoms with E-state index in [0.29, 0.717) is 26.0 Å². The first kappa shape index (κ1) is 26.2. The molecule has 0 bridgehead atoms. The molecule has 0 spiro atoms. The molecule has 2 saturated heterocycles. The fraction of sp³-hybridized carbons (Fsp3) is 0.833. The van der Waals surface area contributed by atoms with Gasteiger partial charge in [0.05, 0.1) is 31.2 Å². The second-order valence-corrected chi connectivity index (χ2v) is 11.8. The van der Waals surface area contributed by atoms with Crippen LogP contribution in [0.5, 0.6) is 0 Å². The SMILES string of the molecule is CCOC(=O)C1(C)CC(CN2[C@@H]3C(=O)CN(C(=O)OC(C)(C)C)[C@@H]3CN2C(=O)OC(C)(C)C)C1. The summed E-state index contributed by atoms with van der Waals surface area (Å²) in [6.07, 6.45) is 0.0710. The number of amides is 2. The molecule has 2 atom stereocenters. The molecule has 2 amide bonds. The summed E-state index contributed by atoms with van der Waals surface area (Å²) >= 11 is 0. The van der Waals surface area contributed by atoms with E-state index < -0.39 is 40.9 Å². The lowest BCUT2D eigenvalue weighted by atomic mass is 9.63. The summed E-state index contributed by atoms with van der Waals surface area (Å²) in [5, 5.41) is 3.18. The molecule has 0 unspecified atom stereocenters. The average Bonchev–Trinajstić information content (AvgIpc) is 3.16. The fourth-order valence-corrected chi connectivity index (χ4v) is 5.07. The highest BCUT2D eigenvalue weighted by molar-refractivity contribution is 5.94. The van der Waals surface area contributed by atoms with E-state index in [1.165, 1.54) is 9.91 Å². The number of esters is 1. The summed E-state index contributed by atoms with van der Waals surface area (Å²) in [5.41, 5.74) is -1.97. The van der Waals surface area contributed by atoms with Crippen LogP contribution in [0.15, 0.2) is 0 Å². The van der Waals surface area contributed by atoms with E-state index in [0.717, 1.165) is 0 Å². The zero-order valence-electron chi connectivity index (χ0n) is 21.7. The fourth-order valence-electron chi connectivity index (χ4n) is 5.07. The van der Waals surface area contributed by atoms with Gasteiger partial charge in [0.2, 0.25) is 0 Å². The van der Waals surface area contributed by atoms with E-state index in [9.17, 15) is 19.2 Å². The molecule has 0 aromatic rings. The molecule has 2 heterocycles. The smallest absolute Gasteiger partial charge is 0.425 e. The molecular weight excluding hydrogens is 442 g/mol. The van der Waals surface area contributed by atoms with Gasteiger partial charge in [-0.2, -0.15) is 0 Å². The Labute approximate surface area is 201 Å². The number of carbonyl (C=O) groups is 4. The van der Waals surface area contributed by atoms with Gasteiger partial charge in [-0.25, -0.2) is 19.6 Å². The molecule has 3 aliphatic rings. The summed E-state index contributed by atoms with van der Waals surface area (Å²) < 4.78 is 16.3. The van der Waals surface area contributed by atoms with Crippen molar-refractivity contribution in [2.75, 3.05) is 26.2 Å². The first-order valence-electron chi connectivity index (χ1n) is 12.0. The van der Waals surface area contributed by atoms with Crippen LogP contribution in [0.3, 0.4) is 0 Å². The molecule has 10 heteroatoms. The van der Waals surface area contributed by atoms with Gasteiger partial charge in [0.1, 0.15) is 17.2 Å². The second kappa shape index (κ2) is 9.02. The maximum atomic E-state index is 13.1. The van der Waals surface area contributed by atoms with Crippen LogP contribution in [-0.4, -0.2) is 88.4 Å². The minimum absolute atomic E-state index is 0.0614. The zero-order chi connectivity index (χ0) is 25.6. The van der Waals surface area contributed by atoms with Crippen molar-refractivity contribution < 1.29 is 33.4 Å². The third kappa shape index (κ3) is 5.47. The molecular formula is C24H39N3O7. The number of rotatable bonds is 4. The zero-order valence-corrected chi connectivity index (χ0v) is 21.7. The van der Waals surface area contributed by atoms with Crippen molar-refractivity contribution in [2.45, 2.75) is 91.5 Å². The van der Waals surface area contributed by atoms with Gasteiger partial charge in [-0.15, -0.1) is 0 Å². The molecule has 0 aromatic carbocycles. The van der Waals surface area contributed by atoms with Crippen LogP contribution in [-0.2, 0) is 23.8 Å². The molecule has 0 radical (unpaired) electrons. The van der Waals surface area contributed by atoms with E-state index in [2.05, 4.69) is 0 Å². The van der Waals surface area contributed by atoms with Gasteiger partial charge < -0.3 is 14.2 Å². The maximum Gasteiger partial charge on any atom is 0.425 e. The van der Waals surface area contributed by atoms with Crippen molar-refractivity contribution >= 4 is 23.9 Å². The molecule has 34 heavy (non-hydrogen) atoms. The number of hydrogen-bond acceptors (Lipinski definition) is 8. The summed E-state index contributed by atoms with van der Waals surface area (Å²) in [5.74, 6) is -0.265. The van der Waals surface area contributed by atoms with Crippen molar-refractivity contribution in [3.8, 4) is 0 Å². The molecule has 1 saturated carbocycles. The van der Waals surface area contributed by atoms with Gasteiger partial charge in [0.15, 0.2) is 5.78 Å². The van der Waals surface area contributed by atoms with Crippen LogP contribution in [0.1, 0.15) is 68.2 Å². The normalized spacial score (nSPS) is 29.5. The van der Waals surface area contributed by atoms with Crippen molar-refractivity contribution in [2.24, 2.45) is 11.3 Å². The van der Waals surface area contributed by atoms with Crippen molar-refractivity contribution in [3.63, 3.8) is 0 Å². The quantitative estimate of drug-likeness (QED) is 0.446. The predicted octanol–water partition coefficient (Wildman–Crippen LogP) is 2.99. The lowest BCUT2D eigenvalue weighted by Gasteiger charge is -2.45. The Balaban J connectivity index is 1.79. The standard InChI is InChI=1S/C24H39N3O7/c1-9-32-19(29)24(8)10-15(11-24)12-26-18-16(13-27(26)21(31)34-23(5,6)7)25(14-17(18)28)20(30)33-22(2,3)4/h15-16,18H,9-14H2,1-8H3/t15?,16-,18+,24?/m1/s1. The number of fused-ring (bicyclic) bond motifs is 1. The molecule has 3 rings (SSSR count). The van der Waals surface area contributed by atoms with Gasteiger partial charge >= 0.3 is 18.2 Å². The number of hydrogen-bond donors (Lipinski definition) is 0. The van der Waals surface area contributed by atoms with Gasteiger partial charge in [-0.3, -0.25) is 14.5 Å². The third-order valence-corrected chi connectivity index (χ3v) is 6.34. The number of Topliss-reactive ketones (excluding diaryl/α,β-unsaturated/α-hetero) is 1. The second-order valence-electron chi connectivity index (χ2n) is 11.8. The summed E-state index contributed by atoms with van der Waals surface area (Å²) in [7, 11) is 0. The molecule has 10 nitrogen and oxygen atoms in total. The summed E-state index contributed by atoms with van der Waals surface area (Å²) in [6.45, 7) is 15.1. The van der Waals surface area contributed by atoms with E-state index in [1.54, 1.807) is 53.5 Å². The number of ketones is 1. The van der Waals surface area contributed by atoms with Crippen molar-refractivity contribution in [1.82, 2.24) is 14.9 Å². The molecule has 0 N–H and O–H groups in total. The first-order valence-corrected chi connectivity index (χ1v) is 12.0. The average molecular weight is 482 g/mol. The van der Waals surface area contributed by atoms with Crippen LogP contribution < -0.4 is 0 Å². The van der Waals surface area contributed by atoms with Crippen LogP contribution in [0, 0.1) is 11.3 Å². The minimum atomic E-state index is -0.714. The van der Waals surface area contributed by atoms with E-state index in [1.807, 2.05) is 6.92 Å². The Hall–Kier alpha value is -2.36. The Kier molecular flexibility index (Phi) is 6.96. The van der Waals surface area contributed by atoms with Crippen molar-refractivity contribution in [1.29, 1.82) is 0 Å². The highest BCUT2D eigenvalue weighted by Crippen LogP contribution is 2.47. The largest absolute Gasteiger partial charge is 0.466 e. The number of likely N-dealkylation sites (tertiary alicyclic amines) is 1. The third-order valence-electron chi connectivity index (χ3n) is 6.34. The minimum Gasteiger partial charge on any atom is -0.466 e. The molecule has 192 valence electrons. The summed E-state index contributed by atoms with van der Waals surface area (Å²) in [6, 6.07) is -1.18. The van der Waals surface area contributed by atoms with Gasteiger partial charge in [-0.05, 0) is 74.1 Å². The maximum absolute atomic E-state index is 13.1. The Morgan fingerprint density at radius 2 is 1.56 bits per heavy atom. The van der Waals surface area contributed by atoms with Crippen LogP contribution in [0.2, 0.25) is 0 Å². The summed E-state index contributed by atoms with van der Waals surface area (Å²) in [4.78, 5) is 52.7. The molecule has 1 aliphatic carbocycles. The van der Waals surface area contributed by atoms with E-state index in [-0.39, 0.29) is 30.8 Å². The first-order chi connectivity index (χ1) is 15.5. The van der Waals surface area contributed by atoms with E-state index >= 15 is 0 Å². The molecule has 0 aromatic heterocycles. The predicted molar refractivity (Wildman–Crippen MR) is 123 cm³/mol. The highest BCUT2D eigenvalue weighted by atomic mass is 16.6. The number of nitrogens with zero attached hydrogens (tertiary/aromatic N) is 3. The lowest BCUT2D eigenvalue weighted by molar-refractivity contribution is -0.165. The number of hydrazine groups is 1. The van der Waals surface area contributed by atoms with Crippen LogP contribution in [0.4, 0.5) is 9.59 Å².